The molecule has 0 aromatic carbocycles. The van der Waals surface area contributed by atoms with Gasteiger partial charge < -0.3 is 4.74 Å². The van der Waals surface area contributed by atoms with Crippen LogP contribution in [0.1, 0.15) is 75.6 Å². The molecule has 150 valence electrons. The van der Waals surface area contributed by atoms with Crippen LogP contribution >= 0.6 is 54.5 Å². The van der Waals surface area contributed by atoms with Gasteiger partial charge in [0.05, 0.1) is 24.6 Å². The van der Waals surface area contributed by atoms with Crippen LogP contribution in [0.25, 0.3) is 9.75 Å². The second-order valence-corrected chi connectivity index (χ2v) is 11.7. The lowest BCUT2D eigenvalue weighted by molar-refractivity contribution is 0.0424. The molecular weight excluding hydrogens is 508 g/mol. The molecule has 0 N–H and O–H groups in total. The smallest absolute Gasteiger partial charge is 0.339 e. The molecule has 0 aliphatic carbocycles. The molecule has 2 aromatic rings. The number of thiophene rings is 2. The number of ether oxygens (including phenoxy) is 1. The lowest BCUT2D eigenvalue weighted by Gasteiger charge is -2.17. The molecule has 0 saturated heterocycles. The minimum atomic E-state index is -0.202. The molecule has 0 aliphatic rings. The fourth-order valence-corrected chi connectivity index (χ4v) is 6.16. The van der Waals surface area contributed by atoms with E-state index in [2.05, 4.69) is 45.7 Å². The van der Waals surface area contributed by atoms with Crippen molar-refractivity contribution in [1.82, 2.24) is 0 Å². The van der Waals surface area contributed by atoms with Gasteiger partial charge in [-0.2, -0.15) is 0 Å². The van der Waals surface area contributed by atoms with E-state index in [0.717, 1.165) is 30.2 Å². The summed E-state index contributed by atoms with van der Waals surface area (Å²) >= 11 is 10.2. The number of carbonyl (C=O) groups excluding carboxylic acids is 1. The molecule has 0 spiro atoms. The first-order valence-corrected chi connectivity index (χ1v) is 13.0. The second-order valence-electron chi connectivity index (χ2n) is 6.85. The molecule has 2 aromatic heterocycles. The highest BCUT2D eigenvalue weighted by molar-refractivity contribution is 9.11. The van der Waals surface area contributed by atoms with Gasteiger partial charge in [-0.05, 0) is 68.8 Å². The van der Waals surface area contributed by atoms with E-state index in [1.54, 1.807) is 22.7 Å². The van der Waals surface area contributed by atoms with E-state index in [4.69, 9.17) is 4.74 Å². The standard InChI is InChI=1S/C21H28Br2O2S2/c1-3-5-7-8-10-15(9-6-4-2)14-25-21(24)16-13-19(23)27-20(16)17-11-12-18(22)26-17/h11-13,15H,3-10,14H2,1-2H3. The highest BCUT2D eigenvalue weighted by Gasteiger charge is 2.20. The van der Waals surface area contributed by atoms with Gasteiger partial charge in [-0.15, -0.1) is 22.7 Å². The van der Waals surface area contributed by atoms with Crippen LogP contribution in [0.5, 0.6) is 0 Å². The molecule has 0 amide bonds. The largest absolute Gasteiger partial charge is 0.462 e. The van der Waals surface area contributed by atoms with Gasteiger partial charge in [0.15, 0.2) is 0 Å². The summed E-state index contributed by atoms with van der Waals surface area (Å²) < 4.78 is 7.78. The quantitative estimate of drug-likeness (QED) is 0.200. The molecule has 0 fully saturated rings. The van der Waals surface area contributed by atoms with Crippen molar-refractivity contribution in [3.05, 3.63) is 31.3 Å². The summed E-state index contributed by atoms with van der Waals surface area (Å²) in [5.41, 5.74) is 0.668. The molecule has 2 nitrogen and oxygen atoms in total. The Hall–Kier alpha value is -0.170. The number of halogens is 2. The van der Waals surface area contributed by atoms with Crippen LogP contribution in [0.3, 0.4) is 0 Å². The highest BCUT2D eigenvalue weighted by Crippen LogP contribution is 2.40. The topological polar surface area (TPSA) is 26.3 Å². The van der Waals surface area contributed by atoms with Crippen LogP contribution in [0.15, 0.2) is 25.8 Å². The summed E-state index contributed by atoms with van der Waals surface area (Å²) in [4.78, 5) is 14.8. The Morgan fingerprint density at radius 1 is 1.00 bits per heavy atom. The summed E-state index contributed by atoms with van der Waals surface area (Å²) in [6.07, 6.45) is 9.76. The fourth-order valence-electron chi connectivity index (χ4n) is 3.07. The molecule has 2 heterocycles. The predicted molar refractivity (Wildman–Crippen MR) is 125 cm³/mol. The lowest BCUT2D eigenvalue weighted by atomic mass is 9.96. The van der Waals surface area contributed by atoms with E-state index in [0.29, 0.717) is 18.1 Å². The van der Waals surface area contributed by atoms with E-state index in [1.165, 1.54) is 38.5 Å². The minimum Gasteiger partial charge on any atom is -0.462 e. The zero-order valence-electron chi connectivity index (χ0n) is 16.1. The average Bonchev–Trinajstić information content (AvgIpc) is 3.25. The third kappa shape index (κ3) is 7.64. The Morgan fingerprint density at radius 3 is 2.41 bits per heavy atom. The van der Waals surface area contributed by atoms with E-state index >= 15 is 0 Å². The maximum Gasteiger partial charge on any atom is 0.339 e. The molecular formula is C21H28Br2O2S2. The van der Waals surface area contributed by atoms with E-state index in [-0.39, 0.29) is 5.97 Å². The van der Waals surface area contributed by atoms with Crippen molar-refractivity contribution < 1.29 is 9.53 Å². The van der Waals surface area contributed by atoms with Gasteiger partial charge in [-0.1, -0.05) is 52.4 Å². The van der Waals surface area contributed by atoms with Crippen LogP contribution in [-0.4, -0.2) is 12.6 Å². The molecule has 0 radical (unpaired) electrons. The molecule has 1 unspecified atom stereocenters. The van der Waals surface area contributed by atoms with Crippen LogP contribution in [0.4, 0.5) is 0 Å². The Morgan fingerprint density at radius 2 is 1.74 bits per heavy atom. The summed E-state index contributed by atoms with van der Waals surface area (Å²) in [6, 6.07) is 5.94. The van der Waals surface area contributed by atoms with E-state index < -0.39 is 0 Å². The average molecular weight is 536 g/mol. The number of hydrogen-bond donors (Lipinski definition) is 0. The van der Waals surface area contributed by atoms with E-state index in [1.807, 2.05) is 18.2 Å². The third-order valence-electron chi connectivity index (χ3n) is 4.60. The minimum absolute atomic E-state index is 0.202. The van der Waals surface area contributed by atoms with Gasteiger partial charge in [-0.25, -0.2) is 4.79 Å². The normalized spacial score (nSPS) is 12.3. The monoisotopic (exact) mass is 534 g/mol. The van der Waals surface area contributed by atoms with Gasteiger partial charge in [0, 0.05) is 4.88 Å². The number of hydrogen-bond acceptors (Lipinski definition) is 4. The van der Waals surface area contributed by atoms with Crippen molar-refractivity contribution in [2.24, 2.45) is 5.92 Å². The Bertz CT molecular complexity index is 709. The number of rotatable bonds is 12. The van der Waals surface area contributed by atoms with Crippen LogP contribution < -0.4 is 0 Å². The van der Waals surface area contributed by atoms with Crippen LogP contribution in [-0.2, 0) is 4.74 Å². The SMILES string of the molecule is CCCCCCC(CCCC)COC(=O)c1cc(Br)sc1-c1ccc(Br)s1. The van der Waals surface area contributed by atoms with Gasteiger partial charge in [0.1, 0.15) is 0 Å². The molecule has 0 bridgehead atoms. The molecule has 0 aliphatic heterocycles. The van der Waals surface area contributed by atoms with Gasteiger partial charge in [0.2, 0.25) is 0 Å². The zero-order valence-corrected chi connectivity index (χ0v) is 20.9. The first kappa shape index (κ1) is 23.1. The maximum atomic E-state index is 12.8. The summed E-state index contributed by atoms with van der Waals surface area (Å²) in [5.74, 6) is 0.277. The van der Waals surface area contributed by atoms with Crippen molar-refractivity contribution in [1.29, 1.82) is 0 Å². The molecule has 0 saturated carbocycles. The second kappa shape index (κ2) is 12.4. The number of unbranched alkanes of at least 4 members (excludes halogenated alkanes) is 4. The molecule has 6 heteroatoms. The van der Waals surface area contributed by atoms with Crippen LogP contribution in [0, 0.1) is 5.92 Å². The van der Waals surface area contributed by atoms with Gasteiger partial charge in [-0.3, -0.25) is 0 Å². The first-order chi connectivity index (χ1) is 13.0. The fraction of sp³-hybridized carbons (Fsp3) is 0.571. The number of esters is 1. The number of carbonyl (C=O) groups is 1. The summed E-state index contributed by atoms with van der Waals surface area (Å²) in [7, 11) is 0. The summed E-state index contributed by atoms with van der Waals surface area (Å²) in [6.45, 7) is 4.99. The van der Waals surface area contributed by atoms with Crippen molar-refractivity contribution >= 4 is 60.5 Å². The zero-order chi connectivity index (χ0) is 19.6. The maximum absolute atomic E-state index is 12.8. The van der Waals surface area contributed by atoms with Gasteiger partial charge in [0.25, 0.3) is 0 Å². The van der Waals surface area contributed by atoms with Gasteiger partial charge >= 0.3 is 5.97 Å². The summed E-state index contributed by atoms with van der Waals surface area (Å²) in [5, 5.41) is 0. The molecule has 27 heavy (non-hydrogen) atoms. The van der Waals surface area contributed by atoms with Crippen molar-refractivity contribution in [3.63, 3.8) is 0 Å². The highest BCUT2D eigenvalue weighted by atomic mass is 79.9. The van der Waals surface area contributed by atoms with Crippen LogP contribution in [0.2, 0.25) is 0 Å². The third-order valence-corrected chi connectivity index (χ3v) is 8.04. The van der Waals surface area contributed by atoms with Crippen molar-refractivity contribution in [3.8, 4) is 9.75 Å². The lowest BCUT2D eigenvalue weighted by Crippen LogP contribution is -2.15. The Balaban J connectivity index is 1.98. The molecule has 2 rings (SSSR count). The predicted octanol–water partition coefficient (Wildman–Crippen LogP) is 8.94. The van der Waals surface area contributed by atoms with Crippen molar-refractivity contribution in [2.45, 2.75) is 65.2 Å². The van der Waals surface area contributed by atoms with E-state index in [9.17, 15) is 4.79 Å². The molecule has 1 atom stereocenters. The first-order valence-electron chi connectivity index (χ1n) is 9.77. The Labute approximate surface area is 188 Å². The Kier molecular flexibility index (Phi) is 10.6. The van der Waals surface area contributed by atoms with Crippen molar-refractivity contribution in [2.75, 3.05) is 6.61 Å².